The van der Waals surface area contributed by atoms with Crippen LogP contribution < -0.4 is 0 Å². The van der Waals surface area contributed by atoms with Gasteiger partial charge in [0.15, 0.2) is 0 Å². The Kier molecular flexibility index (Phi) is 12.2. The van der Waals surface area contributed by atoms with Crippen LogP contribution in [0.5, 0.6) is 0 Å². The Morgan fingerprint density at radius 1 is 0.750 bits per heavy atom. The smallest absolute Gasteiger partial charge is 0.0174 e. The summed E-state index contributed by atoms with van der Waals surface area (Å²) in [4.78, 5) is 0.823. The molecular formula is C19H37Br. The number of hydrogen-bond acceptors (Lipinski definition) is 0. The van der Waals surface area contributed by atoms with Crippen molar-refractivity contribution in [1.82, 2.24) is 0 Å². The fourth-order valence-corrected chi connectivity index (χ4v) is 4.41. The zero-order valence-corrected chi connectivity index (χ0v) is 15.4. The maximum absolute atomic E-state index is 3.93. The molecule has 1 atom stereocenters. The molecule has 1 aliphatic carbocycles. The normalized spacial score (nSPS) is 17.7. The molecule has 120 valence electrons. The molecule has 1 saturated carbocycles. The van der Waals surface area contributed by atoms with Gasteiger partial charge in [0.1, 0.15) is 0 Å². The van der Waals surface area contributed by atoms with Gasteiger partial charge in [0.25, 0.3) is 0 Å². The van der Waals surface area contributed by atoms with E-state index in [1.54, 1.807) is 0 Å². The van der Waals surface area contributed by atoms with Crippen molar-refractivity contribution in [2.75, 3.05) is 0 Å². The van der Waals surface area contributed by atoms with Gasteiger partial charge in [-0.25, -0.2) is 0 Å². The summed E-state index contributed by atoms with van der Waals surface area (Å²) < 4.78 is 0. The number of alkyl halides is 1. The van der Waals surface area contributed by atoms with Crippen LogP contribution in [-0.2, 0) is 0 Å². The van der Waals surface area contributed by atoms with Crippen LogP contribution in [0.3, 0.4) is 0 Å². The highest BCUT2D eigenvalue weighted by atomic mass is 79.9. The van der Waals surface area contributed by atoms with Crippen molar-refractivity contribution in [3.63, 3.8) is 0 Å². The lowest BCUT2D eigenvalue weighted by Gasteiger charge is -2.16. The predicted octanol–water partition coefficient (Wildman–Crippen LogP) is 7.64. The Bertz CT molecular complexity index is 196. The van der Waals surface area contributed by atoms with E-state index in [9.17, 15) is 0 Å². The van der Waals surface area contributed by atoms with E-state index in [-0.39, 0.29) is 0 Å². The van der Waals surface area contributed by atoms with E-state index in [4.69, 9.17) is 0 Å². The molecule has 0 aromatic carbocycles. The van der Waals surface area contributed by atoms with Gasteiger partial charge in [-0.1, -0.05) is 106 Å². The molecule has 0 heterocycles. The first-order chi connectivity index (χ1) is 9.84. The van der Waals surface area contributed by atoms with Crippen molar-refractivity contribution in [1.29, 1.82) is 0 Å². The third-order valence-electron chi connectivity index (χ3n) is 4.99. The molecule has 0 aromatic rings. The number of unbranched alkanes of at least 4 members (excludes halogenated alkanes) is 10. The van der Waals surface area contributed by atoms with E-state index in [0.717, 1.165) is 10.7 Å². The largest absolute Gasteiger partial charge is 0.0888 e. The van der Waals surface area contributed by atoms with E-state index < -0.39 is 0 Å². The van der Waals surface area contributed by atoms with Crippen LogP contribution in [0.2, 0.25) is 0 Å². The van der Waals surface area contributed by atoms with Gasteiger partial charge in [0, 0.05) is 4.83 Å². The van der Waals surface area contributed by atoms with Gasteiger partial charge in [-0.15, -0.1) is 0 Å². The Labute approximate surface area is 136 Å². The Hall–Kier alpha value is 0.480. The fourth-order valence-electron chi connectivity index (χ4n) is 3.56. The Morgan fingerprint density at radius 3 is 1.70 bits per heavy atom. The number of rotatable bonds is 13. The van der Waals surface area contributed by atoms with E-state index in [1.165, 1.54) is 103 Å². The zero-order chi connectivity index (χ0) is 14.5. The minimum absolute atomic E-state index is 0.823. The molecule has 0 bridgehead atoms. The first-order valence-corrected chi connectivity index (χ1v) is 10.4. The molecule has 1 fully saturated rings. The SMILES string of the molecule is CCCCCCCCCCCCCC(Br)C1CCCC1. The average Bonchev–Trinajstić information content (AvgIpc) is 2.99. The average molecular weight is 345 g/mol. The van der Waals surface area contributed by atoms with Gasteiger partial charge in [-0.05, 0) is 25.2 Å². The Balaban J connectivity index is 1.76. The Morgan fingerprint density at radius 2 is 1.20 bits per heavy atom. The highest BCUT2D eigenvalue weighted by Crippen LogP contribution is 2.33. The van der Waals surface area contributed by atoms with E-state index in [0.29, 0.717) is 0 Å². The van der Waals surface area contributed by atoms with Crippen molar-refractivity contribution < 1.29 is 0 Å². The van der Waals surface area contributed by atoms with E-state index in [1.807, 2.05) is 0 Å². The predicted molar refractivity (Wildman–Crippen MR) is 95.8 cm³/mol. The third kappa shape index (κ3) is 9.42. The molecule has 0 amide bonds. The summed E-state index contributed by atoms with van der Waals surface area (Å²) in [5, 5.41) is 0. The maximum atomic E-state index is 3.93. The molecule has 0 aliphatic heterocycles. The molecule has 0 aromatic heterocycles. The lowest BCUT2D eigenvalue weighted by molar-refractivity contribution is 0.478. The van der Waals surface area contributed by atoms with Gasteiger partial charge >= 0.3 is 0 Å². The van der Waals surface area contributed by atoms with Crippen molar-refractivity contribution in [2.45, 2.75) is 114 Å². The van der Waals surface area contributed by atoms with Crippen LogP contribution in [0, 0.1) is 5.92 Å². The second kappa shape index (κ2) is 13.2. The summed E-state index contributed by atoms with van der Waals surface area (Å²) in [7, 11) is 0. The van der Waals surface area contributed by atoms with Crippen LogP contribution in [0.1, 0.15) is 110 Å². The van der Waals surface area contributed by atoms with E-state index >= 15 is 0 Å². The first kappa shape index (κ1) is 18.5. The standard InChI is InChI=1S/C19H37Br/c1-2-3-4-5-6-7-8-9-10-11-12-17-19(20)18-15-13-14-16-18/h18-19H,2-17H2,1H3. The van der Waals surface area contributed by atoms with Gasteiger partial charge in [-0.2, -0.15) is 0 Å². The molecule has 0 saturated heterocycles. The molecule has 1 rings (SSSR count). The summed E-state index contributed by atoms with van der Waals surface area (Å²) in [5.74, 6) is 0.998. The van der Waals surface area contributed by atoms with Crippen LogP contribution in [-0.4, -0.2) is 4.83 Å². The molecule has 0 spiro atoms. The topological polar surface area (TPSA) is 0 Å². The molecular weight excluding hydrogens is 308 g/mol. The summed E-state index contributed by atoms with van der Waals surface area (Å²) in [6.07, 6.45) is 23.4. The van der Waals surface area contributed by atoms with Gasteiger partial charge < -0.3 is 0 Å². The third-order valence-corrected chi connectivity index (χ3v) is 6.20. The minimum atomic E-state index is 0.823. The summed E-state index contributed by atoms with van der Waals surface area (Å²) in [5.41, 5.74) is 0. The van der Waals surface area contributed by atoms with Crippen LogP contribution in [0.15, 0.2) is 0 Å². The minimum Gasteiger partial charge on any atom is -0.0888 e. The maximum Gasteiger partial charge on any atom is 0.0174 e. The first-order valence-electron chi connectivity index (χ1n) is 9.48. The van der Waals surface area contributed by atoms with Gasteiger partial charge in [-0.3, -0.25) is 0 Å². The van der Waals surface area contributed by atoms with Gasteiger partial charge in [0.2, 0.25) is 0 Å². The molecule has 1 unspecified atom stereocenters. The lowest BCUT2D eigenvalue weighted by Crippen LogP contribution is -2.10. The van der Waals surface area contributed by atoms with Gasteiger partial charge in [0.05, 0.1) is 0 Å². The summed E-state index contributed by atoms with van der Waals surface area (Å²) in [6.45, 7) is 2.30. The van der Waals surface area contributed by atoms with Crippen LogP contribution in [0.25, 0.3) is 0 Å². The lowest BCUT2D eigenvalue weighted by atomic mass is 9.98. The number of halogens is 1. The van der Waals surface area contributed by atoms with Crippen molar-refractivity contribution in [3.8, 4) is 0 Å². The van der Waals surface area contributed by atoms with Crippen molar-refractivity contribution in [3.05, 3.63) is 0 Å². The quantitative estimate of drug-likeness (QED) is 0.238. The molecule has 0 radical (unpaired) electrons. The summed E-state index contributed by atoms with van der Waals surface area (Å²) >= 11 is 3.93. The highest BCUT2D eigenvalue weighted by Gasteiger charge is 2.21. The second-order valence-electron chi connectivity index (χ2n) is 6.88. The van der Waals surface area contributed by atoms with Crippen LogP contribution >= 0.6 is 15.9 Å². The van der Waals surface area contributed by atoms with Crippen LogP contribution in [0.4, 0.5) is 0 Å². The second-order valence-corrected chi connectivity index (χ2v) is 8.06. The molecule has 1 heteroatoms. The van der Waals surface area contributed by atoms with E-state index in [2.05, 4.69) is 22.9 Å². The fraction of sp³-hybridized carbons (Fsp3) is 1.00. The van der Waals surface area contributed by atoms with Crippen molar-refractivity contribution >= 4 is 15.9 Å². The summed E-state index contributed by atoms with van der Waals surface area (Å²) in [6, 6.07) is 0. The molecule has 20 heavy (non-hydrogen) atoms. The molecule has 0 nitrogen and oxygen atoms in total. The molecule has 1 aliphatic rings. The number of hydrogen-bond donors (Lipinski definition) is 0. The highest BCUT2D eigenvalue weighted by molar-refractivity contribution is 9.09. The monoisotopic (exact) mass is 344 g/mol. The zero-order valence-electron chi connectivity index (χ0n) is 13.8. The molecule has 0 N–H and O–H groups in total. The van der Waals surface area contributed by atoms with Crippen molar-refractivity contribution in [2.24, 2.45) is 5.92 Å².